The van der Waals surface area contributed by atoms with Crippen molar-refractivity contribution in [2.24, 2.45) is 0 Å². The zero-order chi connectivity index (χ0) is 19.9. The van der Waals surface area contributed by atoms with Crippen LogP contribution in [-0.4, -0.2) is 49.1 Å². The lowest BCUT2D eigenvalue weighted by Gasteiger charge is -2.34. The molecule has 144 valence electrons. The summed E-state index contributed by atoms with van der Waals surface area (Å²) >= 11 is 6.07. The van der Waals surface area contributed by atoms with Crippen LogP contribution in [0.3, 0.4) is 0 Å². The highest BCUT2D eigenvalue weighted by atomic mass is 35.5. The molecule has 28 heavy (non-hydrogen) atoms. The van der Waals surface area contributed by atoms with Crippen LogP contribution in [0.25, 0.3) is 0 Å². The Bertz CT molecular complexity index is 903. The summed E-state index contributed by atoms with van der Waals surface area (Å²) in [6.45, 7) is 2.93. The number of benzene rings is 1. The van der Waals surface area contributed by atoms with Crippen molar-refractivity contribution < 1.29 is 9.53 Å². The van der Waals surface area contributed by atoms with Crippen LogP contribution in [0, 0.1) is 11.3 Å². The zero-order valence-electron chi connectivity index (χ0n) is 15.4. The van der Waals surface area contributed by atoms with Gasteiger partial charge >= 0.3 is 0 Å². The molecule has 1 saturated heterocycles. The number of hydrogen-bond donors (Lipinski definition) is 1. The first-order valence-corrected chi connectivity index (χ1v) is 9.15. The van der Waals surface area contributed by atoms with Crippen molar-refractivity contribution in [1.82, 2.24) is 9.88 Å². The van der Waals surface area contributed by atoms with Gasteiger partial charge < -0.3 is 19.9 Å². The molecule has 1 aromatic carbocycles. The second-order valence-electron chi connectivity index (χ2n) is 6.17. The molecule has 1 N–H and O–H groups in total. The number of carbonyl (C=O) groups excluding carboxylic acids is 1. The van der Waals surface area contributed by atoms with Crippen LogP contribution >= 0.6 is 11.6 Å². The smallest absolute Gasteiger partial charge is 0.267 e. The van der Waals surface area contributed by atoms with Crippen LogP contribution in [-0.2, 0) is 4.79 Å². The van der Waals surface area contributed by atoms with Crippen molar-refractivity contribution in [3.8, 4) is 11.8 Å². The van der Waals surface area contributed by atoms with E-state index in [4.69, 9.17) is 16.3 Å². The van der Waals surface area contributed by atoms with E-state index >= 15 is 0 Å². The molecule has 1 aromatic heterocycles. The lowest BCUT2D eigenvalue weighted by Crippen LogP contribution is -2.44. The van der Waals surface area contributed by atoms with Gasteiger partial charge in [0.25, 0.3) is 5.91 Å². The van der Waals surface area contributed by atoms with Crippen LogP contribution in [0.2, 0.25) is 5.02 Å². The maximum atomic E-state index is 12.4. The predicted octanol–water partition coefficient (Wildman–Crippen LogP) is 2.91. The van der Waals surface area contributed by atoms with Gasteiger partial charge in [-0.25, -0.2) is 4.98 Å². The molecule has 0 aliphatic carbocycles. The molecule has 0 unspecified atom stereocenters. The third-order valence-electron chi connectivity index (χ3n) is 4.37. The number of hydrogen-bond acceptors (Lipinski definition) is 6. The predicted molar refractivity (Wildman–Crippen MR) is 108 cm³/mol. The molecule has 1 aliphatic heterocycles. The lowest BCUT2D eigenvalue weighted by atomic mass is 10.2. The number of nitrogens with zero attached hydrogens (tertiary/aromatic N) is 4. The van der Waals surface area contributed by atoms with Crippen molar-refractivity contribution in [3.05, 3.63) is 59.4 Å². The number of ether oxygens (including phenoxy) is 1. The van der Waals surface area contributed by atoms with E-state index in [9.17, 15) is 10.1 Å². The standard InChI is InChI=1S/C20H20ClN5O2/c1-28-18-6-5-16(12-17(18)21)24-20(27)15(13-22)14-25-8-10-26(11-9-25)19-4-2-3-7-23-19/h2-7,12,14H,8-11H2,1H3,(H,24,27)/b15-14-. The van der Waals surface area contributed by atoms with Crippen molar-refractivity contribution >= 4 is 29.0 Å². The summed E-state index contributed by atoms with van der Waals surface area (Å²) < 4.78 is 5.09. The summed E-state index contributed by atoms with van der Waals surface area (Å²) in [6, 6.07) is 12.7. The average molecular weight is 398 g/mol. The molecule has 0 spiro atoms. The molecule has 1 amide bonds. The number of carbonyl (C=O) groups is 1. The van der Waals surface area contributed by atoms with Crippen molar-refractivity contribution in [1.29, 1.82) is 5.26 Å². The molecule has 0 bridgehead atoms. The molecule has 2 aromatic rings. The van der Waals surface area contributed by atoms with Crippen LogP contribution < -0.4 is 15.0 Å². The van der Waals surface area contributed by atoms with Gasteiger partial charge in [-0.2, -0.15) is 5.26 Å². The number of pyridine rings is 1. The first kappa shape index (κ1) is 19.5. The molecular weight excluding hydrogens is 378 g/mol. The quantitative estimate of drug-likeness (QED) is 0.617. The molecule has 0 saturated carbocycles. The van der Waals surface area contributed by atoms with Gasteiger partial charge in [0.2, 0.25) is 0 Å². The van der Waals surface area contributed by atoms with Crippen LogP contribution in [0.5, 0.6) is 5.75 Å². The number of amides is 1. The summed E-state index contributed by atoms with van der Waals surface area (Å²) in [6.07, 6.45) is 3.38. The number of methoxy groups -OCH3 is 1. The molecule has 0 radical (unpaired) electrons. The van der Waals surface area contributed by atoms with E-state index in [2.05, 4.69) is 15.2 Å². The van der Waals surface area contributed by atoms with E-state index in [0.717, 1.165) is 18.9 Å². The van der Waals surface area contributed by atoms with Crippen LogP contribution in [0.15, 0.2) is 54.4 Å². The van der Waals surface area contributed by atoms with Gasteiger partial charge in [-0.3, -0.25) is 4.79 Å². The highest BCUT2D eigenvalue weighted by Gasteiger charge is 2.18. The van der Waals surface area contributed by atoms with Crippen LogP contribution in [0.1, 0.15) is 0 Å². The van der Waals surface area contributed by atoms with E-state index in [1.807, 2.05) is 29.2 Å². The number of nitrogens with one attached hydrogen (secondary N) is 1. The fourth-order valence-electron chi connectivity index (χ4n) is 2.88. The van der Waals surface area contributed by atoms with Gasteiger partial charge in [-0.05, 0) is 30.3 Å². The van der Waals surface area contributed by atoms with Gasteiger partial charge in [0.1, 0.15) is 23.2 Å². The SMILES string of the molecule is COc1ccc(NC(=O)/C(C#N)=C\N2CCN(c3ccccn3)CC2)cc1Cl. The maximum Gasteiger partial charge on any atom is 0.267 e. The number of aromatic nitrogens is 1. The van der Waals surface area contributed by atoms with Gasteiger partial charge in [-0.15, -0.1) is 0 Å². The van der Waals surface area contributed by atoms with Gasteiger partial charge in [0, 0.05) is 44.3 Å². The van der Waals surface area contributed by atoms with E-state index in [1.165, 1.54) is 7.11 Å². The molecular formula is C20H20ClN5O2. The minimum Gasteiger partial charge on any atom is -0.495 e. The van der Waals surface area contributed by atoms with Gasteiger partial charge in [0.15, 0.2) is 0 Å². The number of rotatable bonds is 5. The molecule has 2 heterocycles. The first-order valence-electron chi connectivity index (χ1n) is 8.77. The third-order valence-corrected chi connectivity index (χ3v) is 4.67. The second kappa shape index (κ2) is 9.11. The zero-order valence-corrected chi connectivity index (χ0v) is 16.2. The van der Waals surface area contributed by atoms with E-state index in [-0.39, 0.29) is 5.57 Å². The summed E-state index contributed by atoms with van der Waals surface area (Å²) in [5.74, 6) is 0.971. The third kappa shape index (κ3) is 4.72. The molecule has 7 nitrogen and oxygen atoms in total. The van der Waals surface area contributed by atoms with E-state index in [0.29, 0.717) is 29.5 Å². The first-order chi connectivity index (χ1) is 13.6. The fourth-order valence-corrected chi connectivity index (χ4v) is 3.14. The fraction of sp³-hybridized carbons (Fsp3) is 0.250. The number of halogens is 1. The monoisotopic (exact) mass is 397 g/mol. The van der Waals surface area contributed by atoms with Crippen molar-refractivity contribution in [2.75, 3.05) is 43.5 Å². The van der Waals surface area contributed by atoms with Gasteiger partial charge in [-0.1, -0.05) is 17.7 Å². The molecule has 3 rings (SSSR count). The van der Waals surface area contributed by atoms with E-state index in [1.54, 1.807) is 30.6 Å². The Hall–Kier alpha value is -3.24. The Labute approximate surface area is 168 Å². The largest absolute Gasteiger partial charge is 0.495 e. The maximum absolute atomic E-state index is 12.4. The number of piperazine rings is 1. The average Bonchev–Trinajstić information content (AvgIpc) is 2.73. The Morgan fingerprint density at radius 2 is 2.07 bits per heavy atom. The summed E-state index contributed by atoms with van der Waals surface area (Å²) in [5, 5.41) is 12.5. The second-order valence-corrected chi connectivity index (χ2v) is 6.58. The van der Waals surface area contributed by atoms with E-state index < -0.39 is 5.91 Å². The summed E-state index contributed by atoms with van der Waals surface area (Å²) in [5.41, 5.74) is 0.537. The summed E-state index contributed by atoms with van der Waals surface area (Å²) in [7, 11) is 1.52. The Kier molecular flexibility index (Phi) is 6.35. The van der Waals surface area contributed by atoms with Crippen molar-refractivity contribution in [2.45, 2.75) is 0 Å². The minimum atomic E-state index is -0.476. The molecule has 8 heteroatoms. The topological polar surface area (TPSA) is 81.5 Å². The Morgan fingerprint density at radius 1 is 1.29 bits per heavy atom. The summed E-state index contributed by atoms with van der Waals surface area (Å²) in [4.78, 5) is 20.9. The highest BCUT2D eigenvalue weighted by Crippen LogP contribution is 2.27. The molecule has 1 fully saturated rings. The lowest BCUT2D eigenvalue weighted by molar-refractivity contribution is -0.112. The Balaban J connectivity index is 1.61. The highest BCUT2D eigenvalue weighted by molar-refractivity contribution is 6.32. The number of anilines is 2. The minimum absolute atomic E-state index is 0.0400. The normalized spacial score (nSPS) is 14.4. The van der Waals surface area contributed by atoms with Gasteiger partial charge in [0.05, 0.1) is 12.1 Å². The molecule has 1 aliphatic rings. The van der Waals surface area contributed by atoms with Crippen LogP contribution in [0.4, 0.5) is 11.5 Å². The molecule has 0 atom stereocenters. The van der Waals surface area contributed by atoms with Crippen molar-refractivity contribution in [3.63, 3.8) is 0 Å². The Morgan fingerprint density at radius 3 is 2.68 bits per heavy atom. The number of nitriles is 1.